The Hall–Kier alpha value is -2.04. The molecule has 1 aliphatic rings. The van der Waals surface area contributed by atoms with Gasteiger partial charge in [0.2, 0.25) is 10.0 Å². The third-order valence-electron chi connectivity index (χ3n) is 4.33. The van der Waals surface area contributed by atoms with E-state index in [0.29, 0.717) is 6.42 Å². The van der Waals surface area contributed by atoms with Gasteiger partial charge in [0.15, 0.2) is 0 Å². The van der Waals surface area contributed by atoms with Gasteiger partial charge in [-0.05, 0) is 31.5 Å². The number of nitrogens with one attached hydrogen (secondary N) is 3. The number of hydrogen-bond acceptors (Lipinski definition) is 6. The van der Waals surface area contributed by atoms with Gasteiger partial charge in [-0.25, -0.2) is 22.9 Å². The first-order chi connectivity index (χ1) is 11.3. The SMILES string of the molecule is CC1CNCCC1NS(=O)(=O)c1cnc2c(c1)c(=O)[nH]c(=O)n2C. The highest BCUT2D eigenvalue weighted by molar-refractivity contribution is 7.89. The number of rotatable bonds is 3. The van der Waals surface area contributed by atoms with Gasteiger partial charge in [-0.3, -0.25) is 14.3 Å². The van der Waals surface area contributed by atoms with Crippen molar-refractivity contribution in [2.45, 2.75) is 24.3 Å². The molecule has 0 aromatic carbocycles. The lowest BCUT2D eigenvalue weighted by molar-refractivity contribution is 0.328. The molecule has 0 amide bonds. The third kappa shape index (κ3) is 2.99. The molecule has 1 aliphatic heterocycles. The van der Waals surface area contributed by atoms with Gasteiger partial charge in [0.25, 0.3) is 5.56 Å². The summed E-state index contributed by atoms with van der Waals surface area (Å²) < 4.78 is 29.0. The van der Waals surface area contributed by atoms with Gasteiger partial charge >= 0.3 is 5.69 Å². The van der Waals surface area contributed by atoms with E-state index in [9.17, 15) is 18.0 Å². The maximum atomic E-state index is 12.6. The van der Waals surface area contributed by atoms with Crippen molar-refractivity contribution in [1.82, 2.24) is 24.6 Å². The number of sulfonamides is 1. The number of hydrogen-bond donors (Lipinski definition) is 3. The van der Waals surface area contributed by atoms with Crippen LogP contribution in [0.25, 0.3) is 11.0 Å². The van der Waals surface area contributed by atoms with Crippen LogP contribution in [-0.4, -0.2) is 42.1 Å². The Kier molecular flexibility index (Phi) is 4.28. The Morgan fingerprint density at radius 2 is 2.12 bits per heavy atom. The van der Waals surface area contributed by atoms with Gasteiger partial charge in [0.1, 0.15) is 10.5 Å². The van der Waals surface area contributed by atoms with E-state index >= 15 is 0 Å². The Morgan fingerprint density at radius 1 is 1.38 bits per heavy atom. The molecule has 2 atom stereocenters. The summed E-state index contributed by atoms with van der Waals surface area (Å²) in [7, 11) is -2.35. The highest BCUT2D eigenvalue weighted by atomic mass is 32.2. The third-order valence-corrected chi connectivity index (χ3v) is 5.79. The van der Waals surface area contributed by atoms with Crippen LogP contribution in [0.2, 0.25) is 0 Å². The molecule has 3 N–H and O–H groups in total. The fraction of sp³-hybridized carbons (Fsp3) is 0.500. The van der Waals surface area contributed by atoms with Crippen molar-refractivity contribution in [3.05, 3.63) is 33.1 Å². The lowest BCUT2D eigenvalue weighted by Crippen LogP contribution is -2.48. The number of nitrogens with zero attached hydrogens (tertiary/aromatic N) is 2. The highest BCUT2D eigenvalue weighted by Crippen LogP contribution is 2.17. The van der Waals surface area contributed by atoms with E-state index in [-0.39, 0.29) is 27.9 Å². The van der Waals surface area contributed by atoms with Crippen LogP contribution in [0.15, 0.2) is 26.7 Å². The monoisotopic (exact) mass is 353 g/mol. The van der Waals surface area contributed by atoms with E-state index < -0.39 is 21.3 Å². The van der Waals surface area contributed by atoms with Gasteiger partial charge in [-0.1, -0.05) is 6.92 Å². The summed E-state index contributed by atoms with van der Waals surface area (Å²) in [6.07, 6.45) is 1.85. The lowest BCUT2D eigenvalue weighted by Gasteiger charge is -2.29. The summed E-state index contributed by atoms with van der Waals surface area (Å²) >= 11 is 0. The Balaban J connectivity index is 2.02. The summed E-state index contributed by atoms with van der Waals surface area (Å²) in [5.74, 6) is 0.158. The van der Waals surface area contributed by atoms with Crippen LogP contribution in [0, 0.1) is 5.92 Å². The maximum absolute atomic E-state index is 12.6. The molecule has 2 unspecified atom stereocenters. The number of fused-ring (bicyclic) bond motifs is 1. The molecule has 9 nitrogen and oxygen atoms in total. The molecule has 0 spiro atoms. The largest absolute Gasteiger partial charge is 0.329 e. The van der Waals surface area contributed by atoms with Crippen molar-refractivity contribution in [2.24, 2.45) is 13.0 Å². The first-order valence-corrected chi connectivity index (χ1v) is 9.10. The zero-order chi connectivity index (χ0) is 17.5. The van der Waals surface area contributed by atoms with Crippen LogP contribution in [-0.2, 0) is 17.1 Å². The minimum atomic E-state index is -3.80. The number of H-pyrrole nitrogens is 1. The van der Waals surface area contributed by atoms with Gasteiger partial charge in [0.05, 0.1) is 5.39 Å². The Bertz CT molecular complexity index is 994. The summed E-state index contributed by atoms with van der Waals surface area (Å²) in [6, 6.07) is 1.07. The van der Waals surface area contributed by atoms with Crippen molar-refractivity contribution in [3.63, 3.8) is 0 Å². The Morgan fingerprint density at radius 3 is 2.83 bits per heavy atom. The van der Waals surface area contributed by atoms with Crippen molar-refractivity contribution in [2.75, 3.05) is 13.1 Å². The highest BCUT2D eigenvalue weighted by Gasteiger charge is 2.27. The van der Waals surface area contributed by atoms with Gasteiger partial charge in [0, 0.05) is 19.3 Å². The summed E-state index contributed by atoms with van der Waals surface area (Å²) in [5, 5.41) is 3.26. The van der Waals surface area contributed by atoms with Crippen LogP contribution < -0.4 is 21.3 Å². The van der Waals surface area contributed by atoms with Crippen molar-refractivity contribution in [1.29, 1.82) is 0 Å². The molecule has 24 heavy (non-hydrogen) atoms. The van der Waals surface area contributed by atoms with E-state index in [1.165, 1.54) is 13.1 Å². The quantitative estimate of drug-likeness (QED) is 0.643. The zero-order valence-electron chi connectivity index (χ0n) is 13.4. The van der Waals surface area contributed by atoms with Gasteiger partial charge < -0.3 is 5.32 Å². The van der Waals surface area contributed by atoms with Crippen LogP contribution in [0.3, 0.4) is 0 Å². The second-order valence-corrected chi connectivity index (χ2v) is 7.77. The summed E-state index contributed by atoms with van der Waals surface area (Å²) in [4.78, 5) is 29.5. The summed E-state index contributed by atoms with van der Waals surface area (Å²) in [6.45, 7) is 3.46. The minimum Gasteiger partial charge on any atom is -0.316 e. The average molecular weight is 353 g/mol. The predicted molar refractivity (Wildman–Crippen MR) is 88.4 cm³/mol. The minimum absolute atomic E-state index is 0.0540. The second-order valence-electron chi connectivity index (χ2n) is 6.06. The first kappa shape index (κ1) is 16.8. The van der Waals surface area contributed by atoms with E-state index in [1.54, 1.807) is 0 Å². The number of aromatic nitrogens is 3. The standard InChI is InChI=1S/C14H19N5O4S/c1-8-6-15-4-3-11(8)18-24(22,23)9-5-10-12(16-7-9)19(2)14(21)17-13(10)20/h5,7-8,11,15,18H,3-4,6H2,1-2H3,(H,17,20,21). The van der Waals surface area contributed by atoms with Crippen molar-refractivity contribution >= 4 is 21.1 Å². The maximum Gasteiger partial charge on any atom is 0.329 e. The van der Waals surface area contributed by atoms with E-state index in [2.05, 4.69) is 20.0 Å². The van der Waals surface area contributed by atoms with Crippen LogP contribution in [0.5, 0.6) is 0 Å². The van der Waals surface area contributed by atoms with Crippen LogP contribution >= 0.6 is 0 Å². The first-order valence-electron chi connectivity index (χ1n) is 7.62. The second kappa shape index (κ2) is 6.11. The van der Waals surface area contributed by atoms with E-state index in [4.69, 9.17) is 0 Å². The molecule has 0 bridgehead atoms. The normalized spacial score (nSPS) is 21.9. The molecular formula is C14H19N5O4S. The molecule has 3 heterocycles. The van der Waals surface area contributed by atoms with Crippen molar-refractivity contribution in [3.8, 4) is 0 Å². The van der Waals surface area contributed by atoms with Crippen LogP contribution in [0.1, 0.15) is 13.3 Å². The lowest BCUT2D eigenvalue weighted by atomic mass is 9.97. The van der Waals surface area contributed by atoms with E-state index in [1.807, 2.05) is 6.92 Å². The molecule has 130 valence electrons. The predicted octanol–water partition coefficient (Wildman–Crippen LogP) is -1.10. The van der Waals surface area contributed by atoms with Gasteiger partial charge in [-0.2, -0.15) is 0 Å². The smallest absolute Gasteiger partial charge is 0.316 e. The molecule has 0 saturated carbocycles. The topological polar surface area (TPSA) is 126 Å². The molecule has 0 aliphatic carbocycles. The van der Waals surface area contributed by atoms with Gasteiger partial charge in [-0.15, -0.1) is 0 Å². The Labute approximate surface area is 138 Å². The molecular weight excluding hydrogens is 334 g/mol. The molecule has 3 rings (SSSR count). The number of pyridine rings is 1. The zero-order valence-corrected chi connectivity index (χ0v) is 14.2. The fourth-order valence-corrected chi connectivity index (χ4v) is 4.17. The van der Waals surface area contributed by atoms with Crippen molar-refractivity contribution < 1.29 is 8.42 Å². The number of aryl methyl sites for hydroxylation is 1. The molecule has 1 saturated heterocycles. The molecule has 2 aromatic heterocycles. The summed E-state index contributed by atoms with van der Waals surface area (Å²) in [5.41, 5.74) is -1.12. The number of aromatic amines is 1. The molecule has 2 aromatic rings. The van der Waals surface area contributed by atoms with E-state index in [0.717, 1.165) is 23.9 Å². The number of piperidine rings is 1. The molecule has 0 radical (unpaired) electrons. The average Bonchev–Trinajstić information content (AvgIpc) is 2.54. The fourth-order valence-electron chi connectivity index (χ4n) is 2.82. The van der Waals surface area contributed by atoms with Crippen LogP contribution in [0.4, 0.5) is 0 Å². The molecule has 1 fully saturated rings. The molecule has 10 heteroatoms.